The van der Waals surface area contributed by atoms with E-state index in [9.17, 15) is 4.79 Å². The molecule has 14 heavy (non-hydrogen) atoms. The van der Waals surface area contributed by atoms with Gasteiger partial charge in [0.15, 0.2) is 0 Å². The van der Waals surface area contributed by atoms with E-state index in [2.05, 4.69) is 15.7 Å². The molecule has 0 spiro atoms. The van der Waals surface area contributed by atoms with Crippen LogP contribution < -0.4 is 10.6 Å². The van der Waals surface area contributed by atoms with Gasteiger partial charge >= 0.3 is 0 Å². The number of carbonyl (C=O) groups excluding carboxylic acids is 1. The van der Waals surface area contributed by atoms with Gasteiger partial charge < -0.3 is 10.6 Å². The first kappa shape index (κ1) is 9.21. The van der Waals surface area contributed by atoms with E-state index in [0.717, 1.165) is 13.0 Å². The first-order valence-electron chi connectivity index (χ1n) is 4.75. The second kappa shape index (κ2) is 3.79. The lowest BCUT2D eigenvalue weighted by Crippen LogP contribution is -2.38. The van der Waals surface area contributed by atoms with Gasteiger partial charge in [0.05, 0.1) is 12.1 Å². The smallest absolute Gasteiger partial charge is 0.236 e. The number of aromatic nitrogens is 2. The van der Waals surface area contributed by atoms with Crippen molar-refractivity contribution >= 4 is 5.91 Å². The molecule has 0 aromatic carbocycles. The Hall–Kier alpha value is -1.36. The molecule has 2 atom stereocenters. The van der Waals surface area contributed by atoms with Gasteiger partial charge in [-0.15, -0.1) is 0 Å². The molecule has 5 heteroatoms. The van der Waals surface area contributed by atoms with Gasteiger partial charge in [-0.25, -0.2) is 0 Å². The summed E-state index contributed by atoms with van der Waals surface area (Å²) in [7, 11) is 1.66. The van der Waals surface area contributed by atoms with Crippen LogP contribution in [0.4, 0.5) is 0 Å². The number of nitrogens with zero attached hydrogens (tertiary/aromatic N) is 2. The molecule has 0 saturated carbocycles. The molecule has 1 saturated heterocycles. The fraction of sp³-hybridized carbons (Fsp3) is 0.556. The summed E-state index contributed by atoms with van der Waals surface area (Å²) < 4.78 is 1.90. The second-order valence-corrected chi connectivity index (χ2v) is 3.45. The monoisotopic (exact) mass is 194 g/mol. The van der Waals surface area contributed by atoms with Crippen molar-refractivity contribution in [3.05, 3.63) is 18.5 Å². The Morgan fingerprint density at radius 2 is 2.57 bits per heavy atom. The summed E-state index contributed by atoms with van der Waals surface area (Å²) in [5.74, 6) is 0.0552. The van der Waals surface area contributed by atoms with E-state index < -0.39 is 0 Å². The van der Waals surface area contributed by atoms with Crippen LogP contribution in [0, 0.1) is 0 Å². The van der Waals surface area contributed by atoms with Crippen LogP contribution in [0.2, 0.25) is 0 Å². The van der Waals surface area contributed by atoms with Gasteiger partial charge in [0.2, 0.25) is 5.91 Å². The van der Waals surface area contributed by atoms with Crippen molar-refractivity contribution < 1.29 is 4.79 Å². The minimum absolute atomic E-state index is 0.0552. The second-order valence-electron chi connectivity index (χ2n) is 3.45. The molecule has 1 aliphatic rings. The Bertz CT molecular complexity index is 309. The molecule has 1 amide bonds. The molecule has 2 heterocycles. The first-order chi connectivity index (χ1) is 6.81. The number of carbonyl (C=O) groups is 1. The molecule has 1 fully saturated rings. The standard InChI is InChI=1S/C9H14N4O/c1-10-9(14)8-5-7(6-11-8)13-4-2-3-12-13/h2-4,7-8,11H,5-6H2,1H3,(H,10,14)/t7-,8+/m0/s1. The topological polar surface area (TPSA) is 59.0 Å². The van der Waals surface area contributed by atoms with Gasteiger partial charge in [-0.05, 0) is 12.5 Å². The molecule has 1 aliphatic heterocycles. The number of rotatable bonds is 2. The van der Waals surface area contributed by atoms with Crippen LogP contribution in [0.5, 0.6) is 0 Å². The van der Waals surface area contributed by atoms with Gasteiger partial charge in [0, 0.05) is 26.0 Å². The van der Waals surface area contributed by atoms with E-state index in [1.54, 1.807) is 13.2 Å². The molecule has 2 N–H and O–H groups in total. The maximum atomic E-state index is 11.3. The van der Waals surface area contributed by atoms with Crippen molar-refractivity contribution in [2.45, 2.75) is 18.5 Å². The van der Waals surface area contributed by atoms with Crippen LogP contribution in [0.15, 0.2) is 18.5 Å². The van der Waals surface area contributed by atoms with Crippen molar-refractivity contribution in [1.29, 1.82) is 0 Å². The quantitative estimate of drug-likeness (QED) is 0.669. The molecule has 2 rings (SSSR count). The van der Waals surface area contributed by atoms with Crippen LogP contribution in [0.1, 0.15) is 12.5 Å². The molecule has 5 nitrogen and oxygen atoms in total. The Morgan fingerprint density at radius 1 is 1.71 bits per heavy atom. The van der Waals surface area contributed by atoms with Crippen LogP contribution in [-0.2, 0) is 4.79 Å². The van der Waals surface area contributed by atoms with Crippen molar-refractivity contribution in [3.8, 4) is 0 Å². The Labute approximate surface area is 82.5 Å². The number of nitrogens with one attached hydrogen (secondary N) is 2. The van der Waals surface area contributed by atoms with E-state index in [0.29, 0.717) is 6.04 Å². The Balaban J connectivity index is 1.98. The van der Waals surface area contributed by atoms with Gasteiger partial charge in [-0.2, -0.15) is 5.10 Å². The molecular formula is C9H14N4O. The molecule has 0 bridgehead atoms. The summed E-state index contributed by atoms with van der Waals surface area (Å²) >= 11 is 0. The number of likely N-dealkylation sites (N-methyl/N-ethyl adjacent to an activating group) is 1. The third kappa shape index (κ3) is 1.63. The van der Waals surface area contributed by atoms with E-state index in [1.807, 2.05) is 16.9 Å². The molecule has 76 valence electrons. The zero-order chi connectivity index (χ0) is 9.97. The lowest BCUT2D eigenvalue weighted by molar-refractivity contribution is -0.122. The third-order valence-electron chi connectivity index (χ3n) is 2.57. The average molecular weight is 194 g/mol. The van der Waals surface area contributed by atoms with Crippen LogP contribution >= 0.6 is 0 Å². The van der Waals surface area contributed by atoms with E-state index >= 15 is 0 Å². The molecule has 1 aromatic heterocycles. The largest absolute Gasteiger partial charge is 0.358 e. The van der Waals surface area contributed by atoms with Gasteiger partial charge in [0.25, 0.3) is 0 Å². The summed E-state index contributed by atoms with van der Waals surface area (Å²) in [6.45, 7) is 0.805. The summed E-state index contributed by atoms with van der Waals surface area (Å²) in [5, 5.41) is 9.98. The lowest BCUT2D eigenvalue weighted by atomic mass is 10.1. The predicted molar refractivity (Wildman–Crippen MR) is 51.7 cm³/mol. The fourth-order valence-electron chi connectivity index (χ4n) is 1.79. The highest BCUT2D eigenvalue weighted by Crippen LogP contribution is 2.18. The maximum absolute atomic E-state index is 11.3. The lowest BCUT2D eigenvalue weighted by Gasteiger charge is -2.09. The van der Waals surface area contributed by atoms with Crippen LogP contribution in [0.25, 0.3) is 0 Å². The third-order valence-corrected chi connectivity index (χ3v) is 2.57. The zero-order valence-electron chi connectivity index (χ0n) is 8.10. The minimum atomic E-state index is -0.0748. The summed E-state index contributed by atoms with van der Waals surface area (Å²) in [5.41, 5.74) is 0. The molecule has 0 aliphatic carbocycles. The van der Waals surface area contributed by atoms with Crippen molar-refractivity contribution in [3.63, 3.8) is 0 Å². The fourth-order valence-corrected chi connectivity index (χ4v) is 1.79. The van der Waals surface area contributed by atoms with Crippen LogP contribution in [0.3, 0.4) is 0 Å². The SMILES string of the molecule is CNC(=O)[C@H]1C[C@H](n2cccn2)CN1. The van der Waals surface area contributed by atoms with Gasteiger partial charge in [0.1, 0.15) is 0 Å². The van der Waals surface area contributed by atoms with Crippen molar-refractivity contribution in [2.24, 2.45) is 0 Å². The predicted octanol–water partition coefficient (Wildman–Crippen LogP) is -0.468. The highest BCUT2D eigenvalue weighted by Gasteiger charge is 2.29. The van der Waals surface area contributed by atoms with E-state index in [-0.39, 0.29) is 11.9 Å². The normalized spacial score (nSPS) is 26.4. The summed E-state index contributed by atoms with van der Waals surface area (Å²) in [6, 6.07) is 2.12. The van der Waals surface area contributed by atoms with E-state index in [4.69, 9.17) is 0 Å². The van der Waals surface area contributed by atoms with Gasteiger partial charge in [-0.3, -0.25) is 9.48 Å². The molecular weight excluding hydrogens is 180 g/mol. The number of hydrogen-bond acceptors (Lipinski definition) is 3. The maximum Gasteiger partial charge on any atom is 0.236 e. The highest BCUT2D eigenvalue weighted by atomic mass is 16.2. The van der Waals surface area contributed by atoms with Crippen molar-refractivity contribution in [1.82, 2.24) is 20.4 Å². The molecule has 0 radical (unpaired) electrons. The summed E-state index contributed by atoms with van der Waals surface area (Å²) in [6.07, 6.45) is 4.49. The molecule has 0 unspecified atom stereocenters. The van der Waals surface area contributed by atoms with E-state index in [1.165, 1.54) is 0 Å². The van der Waals surface area contributed by atoms with Crippen LogP contribution in [-0.4, -0.2) is 35.3 Å². The first-order valence-corrected chi connectivity index (χ1v) is 4.75. The summed E-state index contributed by atoms with van der Waals surface area (Å²) in [4.78, 5) is 11.3. The Kier molecular flexibility index (Phi) is 2.49. The molecule has 1 aromatic rings. The van der Waals surface area contributed by atoms with Crippen molar-refractivity contribution in [2.75, 3.05) is 13.6 Å². The minimum Gasteiger partial charge on any atom is -0.358 e. The zero-order valence-corrected chi connectivity index (χ0v) is 8.10. The highest BCUT2D eigenvalue weighted by molar-refractivity contribution is 5.81. The van der Waals surface area contributed by atoms with Gasteiger partial charge in [-0.1, -0.05) is 0 Å². The number of amides is 1. The Morgan fingerprint density at radius 3 is 3.21 bits per heavy atom. The average Bonchev–Trinajstić information content (AvgIpc) is 2.86. The number of hydrogen-bond donors (Lipinski definition) is 2.